The standard InChI is InChI=1S/C46H35N3O7/c1-53-40-27-38(25-26-39(40)32-13-23-37(24-14-32)46(52)56-4)43-48-41(33-15-5-28(6-16-33)30-9-19-35(20-10-30)44(50)54-2)47-42(49-43)34-17-7-29(8-18-34)31-11-21-36(22-12-31)45(51)55-3/h5-27H,1-4H3. The predicted octanol–water partition coefficient (Wildman–Crippen LogP) is 9.24. The van der Waals surface area contributed by atoms with Crippen LogP contribution in [-0.4, -0.2) is 61.3 Å². The van der Waals surface area contributed by atoms with Gasteiger partial charge in [0.25, 0.3) is 0 Å². The Hall–Kier alpha value is -7.46. The molecule has 1 aromatic heterocycles. The Kier molecular flexibility index (Phi) is 10.7. The molecule has 0 unspecified atom stereocenters. The minimum absolute atomic E-state index is 0.390. The summed E-state index contributed by atoms with van der Waals surface area (Å²) in [7, 11) is 5.67. The third kappa shape index (κ3) is 7.76. The lowest BCUT2D eigenvalue weighted by Gasteiger charge is -2.13. The number of hydrogen-bond donors (Lipinski definition) is 0. The molecule has 0 spiro atoms. The minimum atomic E-state index is -0.409. The second-order valence-electron chi connectivity index (χ2n) is 12.6. The molecule has 276 valence electrons. The average molecular weight is 742 g/mol. The lowest BCUT2D eigenvalue weighted by molar-refractivity contribution is 0.0592. The number of hydrogen-bond acceptors (Lipinski definition) is 10. The molecular weight excluding hydrogens is 707 g/mol. The molecule has 7 aromatic rings. The quantitative estimate of drug-likeness (QED) is 0.0989. The number of benzene rings is 6. The summed E-state index contributed by atoms with van der Waals surface area (Å²) < 4.78 is 20.3. The van der Waals surface area contributed by atoms with E-state index in [1.54, 1.807) is 43.5 Å². The van der Waals surface area contributed by atoms with Gasteiger partial charge in [-0.05, 0) is 76.3 Å². The molecule has 0 aliphatic heterocycles. The van der Waals surface area contributed by atoms with E-state index >= 15 is 0 Å². The highest BCUT2D eigenvalue weighted by Gasteiger charge is 2.16. The van der Waals surface area contributed by atoms with Crippen LogP contribution in [-0.2, 0) is 14.2 Å². The van der Waals surface area contributed by atoms with E-state index in [1.165, 1.54) is 21.3 Å². The number of carbonyl (C=O) groups is 3. The largest absolute Gasteiger partial charge is 0.496 e. The van der Waals surface area contributed by atoms with Crippen molar-refractivity contribution in [3.63, 3.8) is 0 Å². The summed E-state index contributed by atoms with van der Waals surface area (Å²) in [5.74, 6) is 0.802. The van der Waals surface area contributed by atoms with Crippen LogP contribution in [0.5, 0.6) is 5.75 Å². The van der Waals surface area contributed by atoms with E-state index in [2.05, 4.69) is 0 Å². The van der Waals surface area contributed by atoms with E-state index in [-0.39, 0.29) is 11.9 Å². The fourth-order valence-corrected chi connectivity index (χ4v) is 6.19. The van der Waals surface area contributed by atoms with Crippen LogP contribution in [0.15, 0.2) is 140 Å². The first-order valence-electron chi connectivity index (χ1n) is 17.5. The van der Waals surface area contributed by atoms with Gasteiger partial charge in [0, 0.05) is 22.3 Å². The van der Waals surface area contributed by atoms with Gasteiger partial charge in [-0.25, -0.2) is 29.3 Å². The van der Waals surface area contributed by atoms with E-state index in [1.807, 2.05) is 103 Å². The van der Waals surface area contributed by atoms with Gasteiger partial charge in [-0.1, -0.05) is 91.0 Å². The number of methoxy groups -OCH3 is 4. The third-order valence-electron chi connectivity index (χ3n) is 9.28. The summed E-state index contributed by atoms with van der Waals surface area (Å²) in [4.78, 5) is 50.7. The first-order chi connectivity index (χ1) is 27.3. The van der Waals surface area contributed by atoms with Crippen LogP contribution in [0.25, 0.3) is 67.5 Å². The summed E-state index contributed by atoms with van der Waals surface area (Å²) in [5.41, 5.74) is 9.14. The second-order valence-corrected chi connectivity index (χ2v) is 12.6. The summed E-state index contributed by atoms with van der Waals surface area (Å²) in [6, 6.07) is 43.1. The van der Waals surface area contributed by atoms with Gasteiger partial charge in [0.15, 0.2) is 17.5 Å². The van der Waals surface area contributed by atoms with Crippen molar-refractivity contribution in [1.82, 2.24) is 15.0 Å². The maximum absolute atomic E-state index is 12.0. The highest BCUT2D eigenvalue weighted by molar-refractivity contribution is 5.91. The van der Waals surface area contributed by atoms with E-state index in [9.17, 15) is 14.4 Å². The molecule has 56 heavy (non-hydrogen) atoms. The third-order valence-corrected chi connectivity index (χ3v) is 9.28. The van der Waals surface area contributed by atoms with Gasteiger partial charge in [0.2, 0.25) is 0 Å². The van der Waals surface area contributed by atoms with Crippen molar-refractivity contribution < 1.29 is 33.3 Å². The van der Waals surface area contributed by atoms with Crippen molar-refractivity contribution in [2.45, 2.75) is 0 Å². The van der Waals surface area contributed by atoms with Crippen LogP contribution < -0.4 is 4.74 Å². The minimum Gasteiger partial charge on any atom is -0.496 e. The number of aromatic nitrogens is 3. The number of esters is 3. The molecule has 0 aliphatic rings. The topological polar surface area (TPSA) is 127 Å². The van der Waals surface area contributed by atoms with Gasteiger partial charge in [0.05, 0.1) is 45.1 Å². The highest BCUT2D eigenvalue weighted by atomic mass is 16.5. The Morgan fingerprint density at radius 1 is 0.357 bits per heavy atom. The van der Waals surface area contributed by atoms with E-state index < -0.39 is 5.97 Å². The van der Waals surface area contributed by atoms with E-state index in [0.29, 0.717) is 45.5 Å². The fourth-order valence-electron chi connectivity index (χ4n) is 6.19. The number of nitrogens with zero attached hydrogens (tertiary/aromatic N) is 3. The lowest BCUT2D eigenvalue weighted by Crippen LogP contribution is -2.01. The molecule has 0 saturated heterocycles. The molecular formula is C46H35N3O7. The maximum Gasteiger partial charge on any atom is 0.337 e. The Morgan fingerprint density at radius 2 is 0.643 bits per heavy atom. The average Bonchev–Trinajstić information content (AvgIpc) is 3.28. The molecule has 0 fully saturated rings. The number of ether oxygens (including phenoxy) is 4. The van der Waals surface area contributed by atoms with Crippen LogP contribution >= 0.6 is 0 Å². The van der Waals surface area contributed by atoms with Crippen LogP contribution in [0.1, 0.15) is 31.1 Å². The Labute approximate surface area is 323 Å². The smallest absolute Gasteiger partial charge is 0.337 e. The van der Waals surface area contributed by atoms with Crippen molar-refractivity contribution in [2.75, 3.05) is 28.4 Å². The SMILES string of the molecule is COC(=O)c1ccc(-c2ccc(-c3nc(-c4ccc(-c5ccc(C(=O)OC)cc5)cc4)nc(-c4ccc(-c5ccc(C(=O)OC)cc5)c(OC)c4)n3)cc2)cc1. The van der Waals surface area contributed by atoms with Crippen molar-refractivity contribution in [3.8, 4) is 73.3 Å². The molecule has 6 aromatic carbocycles. The Bertz CT molecular complexity index is 2410. The molecule has 0 saturated carbocycles. The first kappa shape index (κ1) is 36.9. The van der Waals surface area contributed by atoms with Gasteiger partial charge in [-0.2, -0.15) is 0 Å². The van der Waals surface area contributed by atoms with Gasteiger partial charge in [-0.3, -0.25) is 0 Å². The Balaban J connectivity index is 1.26. The van der Waals surface area contributed by atoms with Gasteiger partial charge >= 0.3 is 17.9 Å². The van der Waals surface area contributed by atoms with Crippen molar-refractivity contribution in [3.05, 3.63) is 156 Å². The Morgan fingerprint density at radius 3 is 0.982 bits per heavy atom. The van der Waals surface area contributed by atoms with Crippen LogP contribution in [0.3, 0.4) is 0 Å². The molecule has 0 atom stereocenters. The molecule has 0 radical (unpaired) electrons. The van der Waals surface area contributed by atoms with Crippen LogP contribution in [0.2, 0.25) is 0 Å². The zero-order valence-electron chi connectivity index (χ0n) is 31.0. The molecule has 1 heterocycles. The number of rotatable bonds is 10. The molecule has 0 aliphatic carbocycles. The highest BCUT2D eigenvalue weighted by Crippen LogP contribution is 2.35. The van der Waals surface area contributed by atoms with Crippen LogP contribution in [0, 0.1) is 0 Å². The summed E-state index contributed by atoms with van der Waals surface area (Å²) in [6.45, 7) is 0. The lowest BCUT2D eigenvalue weighted by atomic mass is 10.0. The second kappa shape index (κ2) is 16.3. The zero-order valence-corrected chi connectivity index (χ0v) is 31.0. The van der Waals surface area contributed by atoms with Gasteiger partial charge in [-0.15, -0.1) is 0 Å². The molecule has 0 N–H and O–H groups in total. The fraction of sp³-hybridized carbons (Fsp3) is 0.0870. The van der Waals surface area contributed by atoms with Crippen molar-refractivity contribution in [1.29, 1.82) is 0 Å². The summed E-state index contributed by atoms with van der Waals surface area (Å²) in [6.07, 6.45) is 0. The normalized spacial score (nSPS) is 10.7. The first-order valence-corrected chi connectivity index (χ1v) is 17.5. The molecule has 10 nitrogen and oxygen atoms in total. The zero-order chi connectivity index (χ0) is 39.2. The molecule has 0 amide bonds. The predicted molar refractivity (Wildman–Crippen MR) is 213 cm³/mol. The monoisotopic (exact) mass is 741 g/mol. The van der Waals surface area contributed by atoms with E-state index in [0.717, 1.165) is 44.5 Å². The molecule has 0 bridgehead atoms. The molecule has 7 rings (SSSR count). The maximum atomic E-state index is 12.0. The van der Waals surface area contributed by atoms with Crippen molar-refractivity contribution >= 4 is 17.9 Å². The summed E-state index contributed by atoms with van der Waals surface area (Å²) >= 11 is 0. The van der Waals surface area contributed by atoms with E-state index in [4.69, 9.17) is 33.9 Å². The van der Waals surface area contributed by atoms with Gasteiger partial charge in [0.1, 0.15) is 5.75 Å². The van der Waals surface area contributed by atoms with Crippen LogP contribution in [0.4, 0.5) is 0 Å². The van der Waals surface area contributed by atoms with Crippen molar-refractivity contribution in [2.24, 2.45) is 0 Å². The molecule has 10 heteroatoms. The summed E-state index contributed by atoms with van der Waals surface area (Å²) in [5, 5.41) is 0. The number of carbonyl (C=O) groups excluding carboxylic acids is 3. The van der Waals surface area contributed by atoms with Gasteiger partial charge < -0.3 is 18.9 Å².